The van der Waals surface area contributed by atoms with E-state index < -0.39 is 0 Å². The lowest BCUT2D eigenvalue weighted by molar-refractivity contribution is -0.117. The van der Waals surface area contributed by atoms with Gasteiger partial charge < -0.3 is 14.8 Å². The molecule has 6 heteroatoms. The molecular formula is C19H21BrN2O3. The Balaban J connectivity index is 1.55. The number of carbonyl (C=O) groups excluding carboxylic acids is 1. The van der Waals surface area contributed by atoms with Gasteiger partial charge in [-0.2, -0.15) is 0 Å². The summed E-state index contributed by atoms with van der Waals surface area (Å²) in [5.41, 5.74) is 2.97. The number of nitrogens with one attached hydrogen (secondary N) is 1. The van der Waals surface area contributed by atoms with Crippen molar-refractivity contribution < 1.29 is 14.3 Å². The van der Waals surface area contributed by atoms with Gasteiger partial charge in [0.1, 0.15) is 13.2 Å². The Kier molecular flexibility index (Phi) is 5.60. The molecule has 0 saturated heterocycles. The van der Waals surface area contributed by atoms with E-state index in [1.165, 1.54) is 0 Å². The maximum absolute atomic E-state index is 12.2. The van der Waals surface area contributed by atoms with E-state index in [4.69, 9.17) is 9.47 Å². The SMILES string of the molecule is Cc1cc(NC(=O)CN(C)Cc2ccc3c(c2)OCCO3)ccc1Br. The molecule has 132 valence electrons. The fourth-order valence-corrected chi connectivity index (χ4v) is 2.97. The summed E-state index contributed by atoms with van der Waals surface area (Å²) in [7, 11) is 1.92. The van der Waals surface area contributed by atoms with Crippen molar-refractivity contribution in [2.24, 2.45) is 0 Å². The third-order valence-electron chi connectivity index (χ3n) is 3.91. The molecule has 0 unspecified atom stereocenters. The second-order valence-corrected chi connectivity index (χ2v) is 7.02. The van der Waals surface area contributed by atoms with Crippen LogP contribution in [0.2, 0.25) is 0 Å². The van der Waals surface area contributed by atoms with Crippen molar-refractivity contribution in [1.29, 1.82) is 0 Å². The highest BCUT2D eigenvalue weighted by atomic mass is 79.9. The highest BCUT2D eigenvalue weighted by molar-refractivity contribution is 9.10. The summed E-state index contributed by atoms with van der Waals surface area (Å²) in [4.78, 5) is 14.2. The van der Waals surface area contributed by atoms with Crippen LogP contribution in [-0.2, 0) is 11.3 Å². The number of likely N-dealkylation sites (N-methyl/N-ethyl adjacent to an activating group) is 1. The Morgan fingerprint density at radius 2 is 1.92 bits per heavy atom. The van der Waals surface area contributed by atoms with Crippen molar-refractivity contribution in [2.45, 2.75) is 13.5 Å². The molecule has 2 aromatic rings. The molecule has 0 aliphatic carbocycles. The maximum Gasteiger partial charge on any atom is 0.238 e. The lowest BCUT2D eigenvalue weighted by Crippen LogP contribution is -2.29. The Hall–Kier alpha value is -2.05. The van der Waals surface area contributed by atoms with Crippen molar-refractivity contribution in [2.75, 3.05) is 32.1 Å². The van der Waals surface area contributed by atoms with Crippen molar-refractivity contribution in [3.63, 3.8) is 0 Å². The molecule has 1 heterocycles. The maximum atomic E-state index is 12.2. The molecule has 1 aliphatic rings. The van der Waals surface area contributed by atoms with E-state index in [2.05, 4.69) is 21.2 Å². The number of rotatable bonds is 5. The van der Waals surface area contributed by atoms with E-state index in [1.807, 2.05) is 55.3 Å². The van der Waals surface area contributed by atoms with Crippen LogP contribution in [0.5, 0.6) is 11.5 Å². The number of anilines is 1. The lowest BCUT2D eigenvalue weighted by Gasteiger charge is -2.21. The molecule has 0 saturated carbocycles. The first kappa shape index (κ1) is 17.8. The Labute approximate surface area is 156 Å². The molecule has 3 rings (SSSR count). The van der Waals surface area contributed by atoms with Crippen LogP contribution in [0.3, 0.4) is 0 Å². The van der Waals surface area contributed by atoms with Gasteiger partial charge in [0.15, 0.2) is 11.5 Å². The number of ether oxygens (including phenoxy) is 2. The second-order valence-electron chi connectivity index (χ2n) is 6.16. The standard InChI is InChI=1S/C19H21BrN2O3/c1-13-9-15(4-5-16(13)20)21-19(23)12-22(2)11-14-3-6-17-18(10-14)25-8-7-24-17/h3-6,9-10H,7-8,11-12H2,1-2H3,(H,21,23). The molecular weight excluding hydrogens is 384 g/mol. The first-order valence-electron chi connectivity index (χ1n) is 8.14. The molecule has 1 N–H and O–H groups in total. The van der Waals surface area contributed by atoms with Crippen LogP contribution < -0.4 is 14.8 Å². The van der Waals surface area contributed by atoms with Crippen molar-refractivity contribution in [3.8, 4) is 11.5 Å². The normalized spacial score (nSPS) is 13.0. The number of benzene rings is 2. The fraction of sp³-hybridized carbons (Fsp3) is 0.316. The zero-order chi connectivity index (χ0) is 17.8. The van der Waals surface area contributed by atoms with E-state index in [0.29, 0.717) is 26.3 Å². The summed E-state index contributed by atoms with van der Waals surface area (Å²) in [5, 5.41) is 2.93. The molecule has 25 heavy (non-hydrogen) atoms. The van der Waals surface area contributed by atoms with Crippen molar-refractivity contribution in [3.05, 3.63) is 52.0 Å². The smallest absolute Gasteiger partial charge is 0.238 e. The van der Waals surface area contributed by atoms with Gasteiger partial charge in [-0.3, -0.25) is 9.69 Å². The van der Waals surface area contributed by atoms with E-state index in [-0.39, 0.29) is 5.91 Å². The first-order valence-corrected chi connectivity index (χ1v) is 8.93. The van der Waals surface area contributed by atoms with E-state index in [0.717, 1.165) is 32.8 Å². The highest BCUT2D eigenvalue weighted by Crippen LogP contribution is 2.31. The molecule has 0 atom stereocenters. The average molecular weight is 405 g/mol. The average Bonchev–Trinajstić information content (AvgIpc) is 2.58. The van der Waals surface area contributed by atoms with Crippen LogP contribution in [-0.4, -0.2) is 37.6 Å². The molecule has 0 radical (unpaired) electrons. The Bertz CT molecular complexity index is 779. The third-order valence-corrected chi connectivity index (χ3v) is 4.80. The Morgan fingerprint density at radius 3 is 2.68 bits per heavy atom. The summed E-state index contributed by atoms with van der Waals surface area (Å²) in [6.45, 7) is 4.12. The highest BCUT2D eigenvalue weighted by Gasteiger charge is 2.13. The van der Waals surface area contributed by atoms with Gasteiger partial charge in [-0.15, -0.1) is 0 Å². The largest absolute Gasteiger partial charge is 0.486 e. The number of hydrogen-bond donors (Lipinski definition) is 1. The van der Waals surface area contributed by atoms with Gasteiger partial charge in [0, 0.05) is 16.7 Å². The van der Waals surface area contributed by atoms with Gasteiger partial charge in [0.25, 0.3) is 0 Å². The topological polar surface area (TPSA) is 50.8 Å². The molecule has 1 aliphatic heterocycles. The number of hydrogen-bond acceptors (Lipinski definition) is 4. The number of carbonyl (C=O) groups is 1. The van der Waals surface area contributed by atoms with Gasteiger partial charge in [0.2, 0.25) is 5.91 Å². The quantitative estimate of drug-likeness (QED) is 0.826. The fourth-order valence-electron chi connectivity index (χ4n) is 2.72. The summed E-state index contributed by atoms with van der Waals surface area (Å²) in [6.07, 6.45) is 0. The second kappa shape index (κ2) is 7.89. The van der Waals surface area contributed by atoms with Gasteiger partial charge in [-0.05, 0) is 55.4 Å². The van der Waals surface area contributed by atoms with Crippen LogP contribution in [0.4, 0.5) is 5.69 Å². The monoisotopic (exact) mass is 404 g/mol. The van der Waals surface area contributed by atoms with Crippen LogP contribution in [0.15, 0.2) is 40.9 Å². The van der Waals surface area contributed by atoms with Crippen LogP contribution in [0, 0.1) is 6.92 Å². The van der Waals surface area contributed by atoms with Crippen molar-refractivity contribution >= 4 is 27.5 Å². The van der Waals surface area contributed by atoms with E-state index in [1.54, 1.807) is 0 Å². The molecule has 0 spiro atoms. The van der Waals surface area contributed by atoms with E-state index in [9.17, 15) is 4.79 Å². The van der Waals surface area contributed by atoms with Gasteiger partial charge in [-0.25, -0.2) is 0 Å². The molecule has 5 nitrogen and oxygen atoms in total. The predicted octanol–water partition coefficient (Wildman–Crippen LogP) is 3.60. The first-order chi connectivity index (χ1) is 12.0. The van der Waals surface area contributed by atoms with Crippen LogP contribution in [0.25, 0.3) is 0 Å². The minimum absolute atomic E-state index is 0.0400. The van der Waals surface area contributed by atoms with E-state index >= 15 is 0 Å². The summed E-state index contributed by atoms with van der Waals surface area (Å²) in [5.74, 6) is 1.51. The minimum atomic E-state index is -0.0400. The van der Waals surface area contributed by atoms with Gasteiger partial charge in [0.05, 0.1) is 6.54 Å². The Morgan fingerprint density at radius 1 is 1.16 bits per heavy atom. The molecule has 0 bridgehead atoms. The predicted molar refractivity (Wildman–Crippen MR) is 101 cm³/mol. The number of halogens is 1. The number of aryl methyl sites for hydroxylation is 1. The molecule has 0 aromatic heterocycles. The summed E-state index contributed by atoms with van der Waals surface area (Å²) >= 11 is 3.46. The number of fused-ring (bicyclic) bond motifs is 1. The molecule has 2 aromatic carbocycles. The molecule has 1 amide bonds. The summed E-state index contributed by atoms with van der Waals surface area (Å²) < 4.78 is 12.2. The lowest BCUT2D eigenvalue weighted by atomic mass is 10.2. The minimum Gasteiger partial charge on any atom is -0.486 e. The van der Waals surface area contributed by atoms with Crippen LogP contribution in [0.1, 0.15) is 11.1 Å². The zero-order valence-corrected chi connectivity index (χ0v) is 15.9. The summed E-state index contributed by atoms with van der Waals surface area (Å²) in [6, 6.07) is 11.7. The van der Waals surface area contributed by atoms with Crippen LogP contribution >= 0.6 is 15.9 Å². The number of amides is 1. The third kappa shape index (κ3) is 4.74. The molecule has 0 fully saturated rings. The van der Waals surface area contributed by atoms with Crippen molar-refractivity contribution in [1.82, 2.24) is 4.90 Å². The number of nitrogens with zero attached hydrogens (tertiary/aromatic N) is 1. The zero-order valence-electron chi connectivity index (χ0n) is 14.3. The van der Waals surface area contributed by atoms with Gasteiger partial charge in [-0.1, -0.05) is 22.0 Å². The van der Waals surface area contributed by atoms with Gasteiger partial charge >= 0.3 is 0 Å².